The number of hydrazone groups is 1. The van der Waals surface area contributed by atoms with Gasteiger partial charge in [0.1, 0.15) is 12.3 Å². The van der Waals surface area contributed by atoms with Crippen molar-refractivity contribution in [1.82, 2.24) is 5.01 Å². The first kappa shape index (κ1) is 9.56. The summed E-state index contributed by atoms with van der Waals surface area (Å²) in [5.41, 5.74) is -0.578. The lowest BCUT2D eigenvalue weighted by Gasteiger charge is -2.06. The fourth-order valence-corrected chi connectivity index (χ4v) is 0.865. The quantitative estimate of drug-likeness (QED) is 0.680. The van der Waals surface area contributed by atoms with Crippen LogP contribution in [0.25, 0.3) is 0 Å². The van der Waals surface area contributed by atoms with Crippen LogP contribution in [-0.2, 0) is 9.59 Å². The third kappa shape index (κ3) is 2.20. The Bertz CT molecular complexity index is 277. The van der Waals surface area contributed by atoms with Gasteiger partial charge in [0.15, 0.2) is 0 Å². The molecule has 0 aromatic heterocycles. The van der Waals surface area contributed by atoms with Crippen LogP contribution in [-0.4, -0.2) is 40.7 Å². The van der Waals surface area contributed by atoms with Gasteiger partial charge < -0.3 is 5.11 Å². The van der Waals surface area contributed by atoms with E-state index in [9.17, 15) is 18.4 Å². The molecule has 0 spiro atoms. The molecule has 7 heteroatoms. The molecule has 72 valence electrons. The van der Waals surface area contributed by atoms with Gasteiger partial charge in [-0.05, 0) is 0 Å². The van der Waals surface area contributed by atoms with Crippen molar-refractivity contribution in [3.05, 3.63) is 0 Å². The molecule has 1 aliphatic rings. The maximum Gasteiger partial charge on any atom is 0.325 e. The summed E-state index contributed by atoms with van der Waals surface area (Å²) in [6, 6.07) is 0. The first-order chi connectivity index (χ1) is 6.00. The summed E-state index contributed by atoms with van der Waals surface area (Å²) in [5.74, 6) is -2.00. The molecule has 0 unspecified atom stereocenters. The second-order valence-electron chi connectivity index (χ2n) is 2.41. The summed E-state index contributed by atoms with van der Waals surface area (Å²) in [4.78, 5) is 21.0. The summed E-state index contributed by atoms with van der Waals surface area (Å²) in [6.07, 6.45) is -3.30. The summed E-state index contributed by atoms with van der Waals surface area (Å²) in [6.45, 7) is -0.672. The molecule has 0 aromatic carbocycles. The van der Waals surface area contributed by atoms with Gasteiger partial charge in [0.05, 0.1) is 6.42 Å². The van der Waals surface area contributed by atoms with Crippen LogP contribution in [0.1, 0.15) is 6.42 Å². The molecule has 0 aliphatic carbocycles. The number of halogens is 2. The van der Waals surface area contributed by atoms with E-state index in [1.165, 1.54) is 0 Å². The fraction of sp³-hybridized carbons (Fsp3) is 0.500. The average Bonchev–Trinajstić information content (AvgIpc) is 2.31. The van der Waals surface area contributed by atoms with E-state index in [1.54, 1.807) is 0 Å². The Hall–Kier alpha value is -1.53. The molecule has 0 aromatic rings. The monoisotopic (exact) mass is 192 g/mol. The Labute approximate surface area is 71.6 Å². The normalized spacial score (nSPS) is 16.7. The molecule has 1 rings (SSSR count). The van der Waals surface area contributed by atoms with Gasteiger partial charge in [0, 0.05) is 0 Å². The molecular weight excluding hydrogens is 186 g/mol. The Kier molecular flexibility index (Phi) is 2.54. The van der Waals surface area contributed by atoms with Crippen molar-refractivity contribution >= 4 is 17.6 Å². The Balaban J connectivity index is 2.66. The zero-order valence-corrected chi connectivity index (χ0v) is 6.41. The van der Waals surface area contributed by atoms with Gasteiger partial charge in [0.2, 0.25) is 5.91 Å². The van der Waals surface area contributed by atoms with Crippen molar-refractivity contribution in [1.29, 1.82) is 0 Å². The lowest BCUT2D eigenvalue weighted by molar-refractivity contribution is -0.143. The Morgan fingerprint density at radius 1 is 1.69 bits per heavy atom. The predicted octanol–water partition coefficient (Wildman–Crippen LogP) is -0.0756. The molecule has 0 atom stereocenters. The Morgan fingerprint density at radius 2 is 2.31 bits per heavy atom. The van der Waals surface area contributed by atoms with E-state index in [4.69, 9.17) is 5.11 Å². The third-order valence-corrected chi connectivity index (χ3v) is 1.41. The zero-order valence-electron chi connectivity index (χ0n) is 6.41. The number of aliphatic carboxylic acids is 1. The number of amides is 1. The molecule has 1 N–H and O–H groups in total. The highest BCUT2D eigenvalue weighted by atomic mass is 19.3. The molecule has 1 aliphatic heterocycles. The maximum atomic E-state index is 12.0. The highest BCUT2D eigenvalue weighted by Gasteiger charge is 2.29. The van der Waals surface area contributed by atoms with E-state index in [1.807, 2.05) is 0 Å². The molecule has 0 fully saturated rings. The van der Waals surface area contributed by atoms with Crippen LogP contribution in [0.15, 0.2) is 5.10 Å². The van der Waals surface area contributed by atoms with Gasteiger partial charge in [-0.25, -0.2) is 13.8 Å². The van der Waals surface area contributed by atoms with Gasteiger partial charge in [-0.1, -0.05) is 0 Å². The van der Waals surface area contributed by atoms with Gasteiger partial charge in [0.25, 0.3) is 6.43 Å². The van der Waals surface area contributed by atoms with E-state index in [0.29, 0.717) is 5.01 Å². The second kappa shape index (κ2) is 3.46. The number of nitrogens with zero attached hydrogens (tertiary/aromatic N) is 2. The van der Waals surface area contributed by atoms with Crippen molar-refractivity contribution in [3.63, 3.8) is 0 Å². The van der Waals surface area contributed by atoms with Crippen molar-refractivity contribution in [2.45, 2.75) is 12.8 Å². The van der Waals surface area contributed by atoms with Crippen LogP contribution in [0, 0.1) is 0 Å². The molecule has 1 heterocycles. The molecule has 13 heavy (non-hydrogen) atoms. The Morgan fingerprint density at radius 3 is 2.69 bits per heavy atom. The number of alkyl halides is 2. The minimum atomic E-state index is -2.80. The first-order valence-corrected chi connectivity index (χ1v) is 3.38. The molecule has 0 saturated carbocycles. The van der Waals surface area contributed by atoms with E-state index in [-0.39, 0.29) is 0 Å². The molecule has 5 nitrogen and oxygen atoms in total. The van der Waals surface area contributed by atoms with Crippen LogP contribution >= 0.6 is 0 Å². The highest BCUT2D eigenvalue weighted by Crippen LogP contribution is 2.12. The van der Waals surface area contributed by atoms with E-state index in [2.05, 4.69) is 5.10 Å². The van der Waals surface area contributed by atoms with Crippen molar-refractivity contribution in [3.8, 4) is 0 Å². The minimum Gasteiger partial charge on any atom is -0.480 e. The van der Waals surface area contributed by atoms with Crippen molar-refractivity contribution < 1.29 is 23.5 Å². The summed E-state index contributed by atoms with van der Waals surface area (Å²) in [7, 11) is 0. The van der Waals surface area contributed by atoms with E-state index >= 15 is 0 Å². The summed E-state index contributed by atoms with van der Waals surface area (Å²) < 4.78 is 23.9. The van der Waals surface area contributed by atoms with Crippen molar-refractivity contribution in [2.75, 3.05) is 6.54 Å². The van der Waals surface area contributed by atoms with E-state index in [0.717, 1.165) is 0 Å². The standard InChI is InChI=1S/C6H6F2N2O3/c7-6(8)3-1-4(11)10(9-3)2-5(12)13/h6H,1-2H2,(H,12,13). The molecule has 0 radical (unpaired) electrons. The molecule has 0 saturated heterocycles. The van der Waals surface area contributed by atoms with Gasteiger partial charge in [-0.3, -0.25) is 9.59 Å². The van der Waals surface area contributed by atoms with E-state index < -0.39 is 37.0 Å². The second-order valence-corrected chi connectivity index (χ2v) is 2.41. The molecular formula is C6H6F2N2O3. The minimum absolute atomic E-state index is 0.495. The lowest BCUT2D eigenvalue weighted by Crippen LogP contribution is -2.27. The number of carboxylic acids is 1. The number of rotatable bonds is 3. The predicted molar refractivity (Wildman–Crippen MR) is 37.4 cm³/mol. The number of carbonyl (C=O) groups is 2. The number of hydrogen-bond acceptors (Lipinski definition) is 3. The van der Waals surface area contributed by atoms with Crippen LogP contribution in [0.3, 0.4) is 0 Å². The average molecular weight is 192 g/mol. The molecule has 0 bridgehead atoms. The fourth-order valence-electron chi connectivity index (χ4n) is 0.865. The van der Waals surface area contributed by atoms with Crippen LogP contribution in [0.5, 0.6) is 0 Å². The lowest BCUT2D eigenvalue weighted by atomic mass is 10.3. The first-order valence-electron chi connectivity index (χ1n) is 3.38. The number of carboxylic acid groups (broad SMARTS) is 1. The largest absolute Gasteiger partial charge is 0.480 e. The SMILES string of the molecule is O=C(O)CN1N=C(C(F)F)CC1=O. The van der Waals surface area contributed by atoms with Crippen LogP contribution < -0.4 is 0 Å². The smallest absolute Gasteiger partial charge is 0.325 e. The summed E-state index contributed by atoms with van der Waals surface area (Å²) in [5, 5.41) is 12.0. The third-order valence-electron chi connectivity index (χ3n) is 1.41. The van der Waals surface area contributed by atoms with Crippen LogP contribution in [0.2, 0.25) is 0 Å². The van der Waals surface area contributed by atoms with Gasteiger partial charge >= 0.3 is 5.97 Å². The van der Waals surface area contributed by atoms with Crippen molar-refractivity contribution in [2.24, 2.45) is 5.10 Å². The highest BCUT2D eigenvalue weighted by molar-refractivity contribution is 6.07. The maximum absolute atomic E-state index is 12.0. The van der Waals surface area contributed by atoms with Gasteiger partial charge in [-0.15, -0.1) is 0 Å². The summed E-state index contributed by atoms with van der Waals surface area (Å²) >= 11 is 0. The van der Waals surface area contributed by atoms with Crippen LogP contribution in [0.4, 0.5) is 8.78 Å². The molecule has 1 amide bonds. The number of carbonyl (C=O) groups excluding carboxylic acids is 1. The van der Waals surface area contributed by atoms with Gasteiger partial charge in [-0.2, -0.15) is 5.10 Å². The zero-order chi connectivity index (χ0) is 10.0. The topological polar surface area (TPSA) is 70.0 Å². The number of hydrogen-bond donors (Lipinski definition) is 1.